The van der Waals surface area contributed by atoms with E-state index in [4.69, 9.17) is 5.73 Å². The summed E-state index contributed by atoms with van der Waals surface area (Å²) in [5.41, 5.74) is 5.61. The van der Waals surface area contributed by atoms with E-state index in [0.717, 1.165) is 23.9 Å². The highest BCUT2D eigenvalue weighted by atomic mass is 79.9. The SMILES string of the molecule is C=C(Br)CN1CCCC(N)C1=O. The molecule has 1 saturated heterocycles. The highest BCUT2D eigenvalue weighted by molar-refractivity contribution is 9.11. The molecule has 1 fully saturated rings. The number of piperidine rings is 1. The van der Waals surface area contributed by atoms with Crippen LogP contribution in [-0.4, -0.2) is 29.9 Å². The van der Waals surface area contributed by atoms with Crippen LogP contribution in [0.2, 0.25) is 0 Å². The Hall–Kier alpha value is -0.350. The van der Waals surface area contributed by atoms with Gasteiger partial charge in [-0.15, -0.1) is 0 Å². The maximum absolute atomic E-state index is 11.4. The van der Waals surface area contributed by atoms with Gasteiger partial charge in [-0.25, -0.2) is 0 Å². The highest BCUT2D eigenvalue weighted by Gasteiger charge is 2.25. The van der Waals surface area contributed by atoms with Gasteiger partial charge in [-0.05, 0) is 12.8 Å². The molecule has 0 aromatic heterocycles. The summed E-state index contributed by atoms with van der Waals surface area (Å²) in [5.74, 6) is 0.0434. The van der Waals surface area contributed by atoms with E-state index in [1.54, 1.807) is 4.90 Å². The van der Waals surface area contributed by atoms with E-state index in [-0.39, 0.29) is 11.9 Å². The topological polar surface area (TPSA) is 46.3 Å². The van der Waals surface area contributed by atoms with E-state index in [0.29, 0.717) is 6.54 Å². The van der Waals surface area contributed by atoms with Crippen molar-refractivity contribution < 1.29 is 4.79 Å². The summed E-state index contributed by atoms with van der Waals surface area (Å²) in [5, 5.41) is 0. The van der Waals surface area contributed by atoms with Crippen LogP contribution < -0.4 is 5.73 Å². The van der Waals surface area contributed by atoms with Crippen molar-refractivity contribution in [2.24, 2.45) is 5.73 Å². The minimum Gasteiger partial charge on any atom is -0.337 e. The van der Waals surface area contributed by atoms with Crippen molar-refractivity contribution in [3.05, 3.63) is 11.1 Å². The lowest BCUT2D eigenvalue weighted by Gasteiger charge is -2.30. The second-order valence-electron chi connectivity index (χ2n) is 3.03. The van der Waals surface area contributed by atoms with Crippen molar-refractivity contribution in [3.8, 4) is 0 Å². The van der Waals surface area contributed by atoms with Gasteiger partial charge in [-0.1, -0.05) is 22.5 Å². The van der Waals surface area contributed by atoms with Gasteiger partial charge in [-0.2, -0.15) is 0 Å². The molecule has 2 N–H and O–H groups in total. The van der Waals surface area contributed by atoms with Gasteiger partial charge in [0.15, 0.2) is 0 Å². The number of nitrogens with two attached hydrogens (primary N) is 1. The molecule has 1 aliphatic rings. The average Bonchev–Trinajstić information content (AvgIpc) is 1.98. The molecule has 0 radical (unpaired) electrons. The number of amides is 1. The van der Waals surface area contributed by atoms with Crippen LogP contribution in [-0.2, 0) is 4.79 Å². The largest absolute Gasteiger partial charge is 0.337 e. The first-order chi connectivity index (χ1) is 5.61. The van der Waals surface area contributed by atoms with E-state index < -0.39 is 0 Å². The van der Waals surface area contributed by atoms with E-state index >= 15 is 0 Å². The van der Waals surface area contributed by atoms with Crippen LogP contribution in [0.15, 0.2) is 11.1 Å². The molecule has 4 heteroatoms. The summed E-state index contributed by atoms with van der Waals surface area (Å²) in [6, 6.07) is -0.300. The van der Waals surface area contributed by atoms with Crippen LogP contribution in [0, 0.1) is 0 Å². The molecule has 3 nitrogen and oxygen atoms in total. The number of hydrogen-bond acceptors (Lipinski definition) is 2. The Morgan fingerprint density at radius 2 is 2.50 bits per heavy atom. The first-order valence-electron chi connectivity index (χ1n) is 3.99. The Morgan fingerprint density at radius 3 is 3.08 bits per heavy atom. The maximum atomic E-state index is 11.4. The smallest absolute Gasteiger partial charge is 0.239 e. The predicted molar refractivity (Wildman–Crippen MR) is 51.9 cm³/mol. The first-order valence-corrected chi connectivity index (χ1v) is 4.78. The number of carbonyl (C=O) groups excluding carboxylic acids is 1. The van der Waals surface area contributed by atoms with Crippen molar-refractivity contribution in [3.63, 3.8) is 0 Å². The Labute approximate surface area is 80.7 Å². The van der Waals surface area contributed by atoms with E-state index in [9.17, 15) is 4.79 Å². The van der Waals surface area contributed by atoms with Gasteiger partial charge in [0.25, 0.3) is 0 Å². The van der Waals surface area contributed by atoms with Crippen molar-refractivity contribution in [1.29, 1.82) is 0 Å². The van der Waals surface area contributed by atoms with Crippen LogP contribution >= 0.6 is 15.9 Å². The molecule has 1 atom stereocenters. The molecule has 1 rings (SSSR count). The number of hydrogen-bond donors (Lipinski definition) is 1. The summed E-state index contributed by atoms with van der Waals surface area (Å²) in [4.78, 5) is 13.1. The second kappa shape index (κ2) is 4.05. The van der Waals surface area contributed by atoms with E-state index in [2.05, 4.69) is 22.5 Å². The van der Waals surface area contributed by atoms with Crippen molar-refractivity contribution in [2.45, 2.75) is 18.9 Å². The standard InChI is InChI=1S/C8H13BrN2O/c1-6(9)5-11-4-2-3-7(10)8(11)12/h7H,1-5,10H2. The minimum absolute atomic E-state index is 0.0434. The number of halogens is 1. The second-order valence-corrected chi connectivity index (χ2v) is 4.15. The molecule has 0 aliphatic carbocycles. The molecule has 0 bridgehead atoms. The zero-order valence-electron chi connectivity index (χ0n) is 6.92. The summed E-state index contributed by atoms with van der Waals surface area (Å²) in [6.07, 6.45) is 1.80. The van der Waals surface area contributed by atoms with Crippen LogP contribution in [0.4, 0.5) is 0 Å². The van der Waals surface area contributed by atoms with Gasteiger partial charge in [0.2, 0.25) is 5.91 Å². The first kappa shape index (κ1) is 9.74. The van der Waals surface area contributed by atoms with E-state index in [1.165, 1.54) is 0 Å². The van der Waals surface area contributed by atoms with Crippen molar-refractivity contribution >= 4 is 21.8 Å². The Morgan fingerprint density at radius 1 is 1.83 bits per heavy atom. The zero-order chi connectivity index (χ0) is 9.14. The third kappa shape index (κ3) is 2.32. The molecule has 1 unspecified atom stereocenters. The lowest BCUT2D eigenvalue weighted by molar-refractivity contribution is -0.134. The van der Waals surface area contributed by atoms with Gasteiger partial charge < -0.3 is 10.6 Å². The Kier molecular flexibility index (Phi) is 3.29. The number of nitrogens with zero attached hydrogens (tertiary/aromatic N) is 1. The van der Waals surface area contributed by atoms with Crippen LogP contribution in [0.1, 0.15) is 12.8 Å². The van der Waals surface area contributed by atoms with Gasteiger partial charge in [0.1, 0.15) is 0 Å². The monoisotopic (exact) mass is 232 g/mol. The molecule has 0 saturated carbocycles. The van der Waals surface area contributed by atoms with Gasteiger partial charge in [-0.3, -0.25) is 4.79 Å². The molecule has 0 aromatic rings. The average molecular weight is 233 g/mol. The Balaban J connectivity index is 2.52. The summed E-state index contributed by atoms with van der Waals surface area (Å²) >= 11 is 3.23. The molecule has 1 amide bonds. The molecule has 0 spiro atoms. The summed E-state index contributed by atoms with van der Waals surface area (Å²) in [6.45, 7) is 5.07. The lowest BCUT2D eigenvalue weighted by atomic mass is 10.1. The fraction of sp³-hybridized carbons (Fsp3) is 0.625. The van der Waals surface area contributed by atoms with E-state index in [1.807, 2.05) is 0 Å². The molecule has 1 heterocycles. The number of likely N-dealkylation sites (tertiary alicyclic amines) is 1. The summed E-state index contributed by atoms with van der Waals surface area (Å²) < 4.78 is 0.824. The van der Waals surface area contributed by atoms with Crippen molar-refractivity contribution in [1.82, 2.24) is 4.90 Å². The molecular weight excluding hydrogens is 220 g/mol. The number of carbonyl (C=O) groups is 1. The van der Waals surface area contributed by atoms with Gasteiger partial charge in [0.05, 0.1) is 12.6 Å². The lowest BCUT2D eigenvalue weighted by Crippen LogP contribution is -2.48. The third-order valence-electron chi connectivity index (χ3n) is 1.93. The summed E-state index contributed by atoms with van der Waals surface area (Å²) in [7, 11) is 0. The van der Waals surface area contributed by atoms with Crippen molar-refractivity contribution in [2.75, 3.05) is 13.1 Å². The third-order valence-corrected chi connectivity index (χ3v) is 2.19. The van der Waals surface area contributed by atoms with Gasteiger partial charge >= 0.3 is 0 Å². The molecular formula is C8H13BrN2O. The van der Waals surface area contributed by atoms with Crippen LogP contribution in [0.5, 0.6) is 0 Å². The van der Waals surface area contributed by atoms with Gasteiger partial charge in [0, 0.05) is 11.0 Å². The molecule has 68 valence electrons. The minimum atomic E-state index is -0.300. The molecule has 0 aromatic carbocycles. The van der Waals surface area contributed by atoms with Crippen LogP contribution in [0.3, 0.4) is 0 Å². The molecule has 1 aliphatic heterocycles. The fourth-order valence-electron chi connectivity index (χ4n) is 1.33. The maximum Gasteiger partial charge on any atom is 0.239 e. The van der Waals surface area contributed by atoms with Crippen LogP contribution in [0.25, 0.3) is 0 Å². The zero-order valence-corrected chi connectivity index (χ0v) is 8.51. The Bertz CT molecular complexity index is 205. The normalized spacial score (nSPS) is 24.3. The predicted octanol–water partition coefficient (Wildman–Crippen LogP) is 0.845. The molecule has 12 heavy (non-hydrogen) atoms. The fourth-order valence-corrected chi connectivity index (χ4v) is 1.64. The quantitative estimate of drug-likeness (QED) is 0.768. The number of rotatable bonds is 2. The highest BCUT2D eigenvalue weighted by Crippen LogP contribution is 2.13.